The van der Waals surface area contributed by atoms with E-state index in [1.807, 2.05) is 0 Å². The molecule has 69 heavy (non-hydrogen) atoms. The maximum atomic E-state index is 10.9. The predicted molar refractivity (Wildman–Crippen MR) is 241 cm³/mol. The minimum Gasteiger partial charge on any atom is -0.780 e. The molecule has 24 nitrogen and oxygen atoms in total. The molecule has 0 saturated heterocycles. The van der Waals surface area contributed by atoms with E-state index in [4.69, 9.17) is 29.8 Å². The summed E-state index contributed by atoms with van der Waals surface area (Å²) in [6.07, 6.45) is 0. The van der Waals surface area contributed by atoms with Crippen LogP contribution in [0.2, 0.25) is 0 Å². The number of aliphatic carboxylic acids is 3. The normalized spacial score (nSPS) is 17.7. The Morgan fingerprint density at radius 1 is 0.536 bits per heavy atom. The zero-order valence-electron chi connectivity index (χ0n) is 35.1. The van der Waals surface area contributed by atoms with Crippen molar-refractivity contribution >= 4 is 156 Å². The second-order valence-electron chi connectivity index (χ2n) is 12.9. The van der Waals surface area contributed by atoms with Gasteiger partial charge >= 0.3 is 116 Å². The largest absolute Gasteiger partial charge is 1.00 e. The van der Waals surface area contributed by atoms with E-state index in [9.17, 15) is 43.0 Å². The molecule has 0 fully saturated rings. The Labute approximate surface area is 477 Å². The third-order valence-electron chi connectivity index (χ3n) is 8.09. The molecular weight excluding hydrogens is 1120 g/mol. The summed E-state index contributed by atoms with van der Waals surface area (Å²) in [5.41, 5.74) is 1.82. The molecule has 0 aliphatic carbocycles. The van der Waals surface area contributed by atoms with E-state index < -0.39 is 59.5 Å². The maximum Gasteiger partial charge on any atom is 1.00 e. The fourth-order valence-electron chi connectivity index (χ4n) is 5.41. The third kappa shape index (κ3) is 17.1. The molecule has 3 atom stereocenters. The number of thiazole rings is 3. The van der Waals surface area contributed by atoms with Crippen LogP contribution < -0.4 is 117 Å². The Kier molecular flexibility index (Phi) is 22.0. The van der Waals surface area contributed by atoms with Crippen molar-refractivity contribution in [2.45, 2.75) is 18.1 Å². The van der Waals surface area contributed by atoms with Gasteiger partial charge in [0.2, 0.25) is 0 Å². The molecule has 3 aliphatic rings. The number of carbonyl (C=O) groups is 3. The van der Waals surface area contributed by atoms with Gasteiger partial charge in [-0.1, -0.05) is 0 Å². The summed E-state index contributed by atoms with van der Waals surface area (Å²) in [4.78, 5) is 114. The van der Waals surface area contributed by atoms with Gasteiger partial charge in [0.05, 0.1) is 36.6 Å². The SMILES string of the molecule is O=C(O)[C@H]1CSC(c2nc3ccc(OP(=O)(O)O)cc3s2)=N1.O=C(O)[C@H]1CSC(c2nc3ccc(OP(=O)(O)O)cc3s2)=N1.O=C([O-])[C@H]1CSC(c2nc3ccc(OP(=O)([O-])[O-])cc3s2)=N1.[Na+].[Na+].[Na+]. The smallest absolute Gasteiger partial charge is 0.780 e. The Hall–Kier alpha value is -1.35. The molecule has 9 rings (SSSR count). The minimum absolute atomic E-state index is 0. The second-order valence-corrected chi connectivity index (χ2v) is 22.4. The van der Waals surface area contributed by atoms with Gasteiger partial charge in [-0.15, -0.1) is 69.3 Å². The Bertz CT molecular complexity index is 2830. The number of aromatic nitrogens is 3. The van der Waals surface area contributed by atoms with Crippen LogP contribution in [-0.4, -0.2) is 113 Å². The van der Waals surface area contributed by atoms with Gasteiger partial charge in [0.15, 0.2) is 12.1 Å². The summed E-state index contributed by atoms with van der Waals surface area (Å²) in [5, 5.41) is 31.9. The predicted octanol–water partition coefficient (Wildman–Crippen LogP) is -6.44. The standard InChI is InChI=1S/3C11H9N2O6PS2.3Na/c3*14-11(15)7-4-21-9(13-7)10-12-6-2-1-5(3-8(6)22-10)19-20(16,17)18;;;/h3*1-3,7H,4H2,(H,14,15)(H2,16,17,18);;;/q;;;3*+1/p-3/t3*7-;;;/m111.../s1. The van der Waals surface area contributed by atoms with Crippen molar-refractivity contribution < 1.29 is 175 Å². The van der Waals surface area contributed by atoms with E-state index in [-0.39, 0.29) is 112 Å². The van der Waals surface area contributed by atoms with E-state index in [1.165, 1.54) is 112 Å². The number of hydrogen-bond acceptors (Lipinski definition) is 24. The molecule has 0 saturated carbocycles. The van der Waals surface area contributed by atoms with Crippen LogP contribution >= 0.6 is 92.8 Å². The topological polar surface area (TPSA) is 396 Å². The van der Waals surface area contributed by atoms with E-state index in [0.29, 0.717) is 72.3 Å². The monoisotopic (exact) mass is 1150 g/mol. The first-order chi connectivity index (χ1) is 30.9. The summed E-state index contributed by atoms with van der Waals surface area (Å²) < 4.78 is 47.6. The molecule has 0 amide bonds. The van der Waals surface area contributed by atoms with Crippen molar-refractivity contribution in [1.82, 2.24) is 15.0 Å². The fourth-order valence-corrected chi connectivity index (χ4v) is 12.8. The van der Waals surface area contributed by atoms with E-state index in [1.54, 1.807) is 12.1 Å². The van der Waals surface area contributed by atoms with Crippen LogP contribution in [0, 0.1) is 0 Å². The van der Waals surface area contributed by atoms with E-state index in [2.05, 4.69) is 43.5 Å². The first kappa shape index (κ1) is 60.2. The van der Waals surface area contributed by atoms with E-state index >= 15 is 0 Å². The van der Waals surface area contributed by atoms with Crippen LogP contribution in [0.5, 0.6) is 17.2 Å². The van der Waals surface area contributed by atoms with E-state index in [0.717, 1.165) is 0 Å². The van der Waals surface area contributed by atoms with Crippen molar-refractivity contribution in [3.8, 4) is 17.2 Å². The Morgan fingerprint density at radius 3 is 1.10 bits per heavy atom. The fraction of sp³-hybridized carbons (Fsp3) is 0.182. The summed E-state index contributed by atoms with van der Waals surface area (Å²) in [5.74, 6) is -2.16. The molecule has 36 heteroatoms. The number of phosphoric ester groups is 3. The number of nitrogens with zero attached hydrogens (tertiary/aromatic N) is 6. The number of hydrogen-bond donors (Lipinski definition) is 6. The first-order valence-corrected chi connectivity index (χ1v) is 27.6. The van der Waals surface area contributed by atoms with Crippen molar-refractivity contribution in [2.24, 2.45) is 15.0 Å². The van der Waals surface area contributed by atoms with Crippen molar-refractivity contribution in [3.05, 3.63) is 69.6 Å². The van der Waals surface area contributed by atoms with Gasteiger partial charge in [-0.3, -0.25) is 34.6 Å². The number of carboxylic acids is 3. The third-order valence-corrected chi connectivity index (χ3v) is 16.0. The number of fused-ring (bicyclic) bond motifs is 3. The molecule has 0 bridgehead atoms. The molecule has 6 N–H and O–H groups in total. The Morgan fingerprint density at radius 2 is 0.841 bits per heavy atom. The van der Waals surface area contributed by atoms with Gasteiger partial charge in [-0.25, -0.2) is 33.7 Å². The molecule has 6 aromatic rings. The quantitative estimate of drug-likeness (QED) is 0.0490. The van der Waals surface area contributed by atoms with Gasteiger partial charge < -0.3 is 48.0 Å². The zero-order valence-corrected chi connectivity index (χ0v) is 48.7. The summed E-state index contributed by atoms with van der Waals surface area (Å²) >= 11 is 7.63. The van der Waals surface area contributed by atoms with Crippen molar-refractivity contribution in [2.75, 3.05) is 17.3 Å². The molecule has 348 valence electrons. The van der Waals surface area contributed by atoms with Crippen molar-refractivity contribution in [3.63, 3.8) is 0 Å². The molecule has 0 spiro atoms. The molecule has 3 aromatic carbocycles. The number of carboxylic acid groups (broad SMARTS) is 3. The van der Waals surface area contributed by atoms with Crippen LogP contribution in [0.3, 0.4) is 0 Å². The first-order valence-electron chi connectivity index (χ1n) is 17.7. The van der Waals surface area contributed by atoms with Crippen LogP contribution in [0.25, 0.3) is 30.6 Å². The summed E-state index contributed by atoms with van der Waals surface area (Å²) in [6.45, 7) is 0. The molecule has 3 aliphatic heterocycles. The minimum atomic E-state index is -5.11. The maximum absolute atomic E-state index is 10.9. The summed E-state index contributed by atoms with van der Waals surface area (Å²) in [7, 11) is -14.3. The van der Waals surface area contributed by atoms with Crippen LogP contribution in [0.1, 0.15) is 15.0 Å². The molecule has 0 unspecified atom stereocenters. The van der Waals surface area contributed by atoms with Gasteiger partial charge in [0, 0.05) is 29.4 Å². The number of aliphatic imine (C=N–C) groups is 3. The Balaban J connectivity index is 0.000000221. The van der Waals surface area contributed by atoms with Gasteiger partial charge in [0.1, 0.15) is 61.3 Å². The number of benzene rings is 3. The molecule has 6 heterocycles. The second kappa shape index (κ2) is 25.3. The number of thioether (sulfide) groups is 3. The van der Waals surface area contributed by atoms with Crippen LogP contribution in [0.15, 0.2) is 69.6 Å². The average molecular weight is 1150 g/mol. The zero-order chi connectivity index (χ0) is 47.7. The number of rotatable bonds is 12. The van der Waals surface area contributed by atoms with Crippen LogP contribution in [0.4, 0.5) is 0 Å². The average Bonchev–Trinajstić information content (AvgIpc) is 4.06. The molecule has 0 radical (unpaired) electrons. The molecular formula is C33H24N6Na3O18P3S6. The van der Waals surface area contributed by atoms with Crippen LogP contribution in [-0.2, 0) is 28.1 Å². The number of carbonyl (C=O) groups excluding carboxylic acids is 1. The number of phosphoric acid groups is 3. The van der Waals surface area contributed by atoms with Gasteiger partial charge in [-0.2, -0.15) is 0 Å². The van der Waals surface area contributed by atoms with Gasteiger partial charge in [0.25, 0.3) is 0 Å². The van der Waals surface area contributed by atoms with Crippen molar-refractivity contribution in [1.29, 1.82) is 0 Å². The summed E-state index contributed by atoms with van der Waals surface area (Å²) in [6, 6.07) is 10.7. The van der Waals surface area contributed by atoms with Gasteiger partial charge in [-0.05, 0) is 42.5 Å². The molecule has 3 aromatic heterocycles.